The lowest BCUT2D eigenvalue weighted by molar-refractivity contribution is 0.282. The van der Waals surface area contributed by atoms with Gasteiger partial charge in [0.15, 0.2) is 0 Å². The van der Waals surface area contributed by atoms with Crippen LogP contribution in [-0.4, -0.2) is 11.7 Å². The van der Waals surface area contributed by atoms with Gasteiger partial charge in [-0.3, -0.25) is 0 Å². The smallest absolute Gasteiger partial charge is 0.0431 e. The van der Waals surface area contributed by atoms with Crippen molar-refractivity contribution in [2.75, 3.05) is 6.61 Å². The highest BCUT2D eigenvalue weighted by atomic mass is 16.2. The van der Waals surface area contributed by atoms with Crippen molar-refractivity contribution in [1.82, 2.24) is 0 Å². The van der Waals surface area contributed by atoms with Crippen LogP contribution in [0.15, 0.2) is 0 Å². The quantitative estimate of drug-likeness (QED) is 0.0894. The summed E-state index contributed by atoms with van der Waals surface area (Å²) < 4.78 is 0. The van der Waals surface area contributed by atoms with Crippen molar-refractivity contribution >= 4 is 0 Å². The van der Waals surface area contributed by atoms with Gasteiger partial charge in [0, 0.05) is 6.61 Å². The summed E-state index contributed by atoms with van der Waals surface area (Å²) in [7, 11) is 0. The van der Waals surface area contributed by atoms with Crippen molar-refractivity contribution in [1.29, 1.82) is 0 Å². The van der Waals surface area contributed by atoms with Gasteiger partial charge in [-0.15, -0.1) is 0 Å². The minimum Gasteiger partial charge on any atom is -0.396 e. The van der Waals surface area contributed by atoms with Crippen molar-refractivity contribution in [2.24, 2.45) is 0 Å². The first-order chi connectivity index (χ1) is 18.3. The molecule has 0 aliphatic carbocycles. The molecule has 0 rings (SSSR count). The van der Waals surface area contributed by atoms with E-state index in [0.717, 1.165) is 6.42 Å². The molecule has 1 nitrogen and oxygen atoms in total. The van der Waals surface area contributed by atoms with Crippen molar-refractivity contribution in [3.63, 3.8) is 0 Å². The summed E-state index contributed by atoms with van der Waals surface area (Å²) in [5.74, 6) is 0. The van der Waals surface area contributed by atoms with Gasteiger partial charge in [-0.1, -0.05) is 220 Å². The van der Waals surface area contributed by atoms with Crippen molar-refractivity contribution < 1.29 is 5.11 Å². The molecule has 0 aliphatic heterocycles. The number of rotatable bonds is 31. The van der Waals surface area contributed by atoms with Crippen molar-refractivity contribution in [2.45, 2.75) is 226 Å². The first-order valence-corrected chi connectivity index (χ1v) is 17.9. The Kier molecular flexibility index (Phi) is 42.8. The van der Waals surface area contributed by atoms with E-state index in [1.807, 2.05) is 0 Å². The number of aliphatic hydroxyl groups is 1. The molecule has 0 saturated carbocycles. The Hall–Kier alpha value is -0.0400. The number of hydrogen-bond donors (Lipinski definition) is 1. The monoisotopic (exact) mass is 525 g/mol. The summed E-state index contributed by atoms with van der Waals surface area (Å²) in [5.41, 5.74) is 0. The second kappa shape index (κ2) is 40.5. The minimum atomic E-state index is 0.374. The van der Waals surface area contributed by atoms with Crippen molar-refractivity contribution in [3.8, 4) is 0 Å². The molecular formula is C36H76O. The molecule has 0 aliphatic rings. The maximum Gasteiger partial charge on any atom is 0.0431 e. The number of unbranched alkanes of at least 4 members (excludes halogenated alkanes) is 30. The predicted molar refractivity (Wildman–Crippen MR) is 172 cm³/mol. The molecule has 0 amide bonds. The number of hydrogen-bond acceptors (Lipinski definition) is 1. The van der Waals surface area contributed by atoms with Crippen LogP contribution in [-0.2, 0) is 0 Å². The molecule has 0 saturated heterocycles. The van der Waals surface area contributed by atoms with Crippen LogP contribution in [0, 0.1) is 0 Å². The third kappa shape index (κ3) is 43.3. The van der Waals surface area contributed by atoms with Crippen molar-refractivity contribution in [3.05, 3.63) is 0 Å². The van der Waals surface area contributed by atoms with Crippen LogP contribution in [0.2, 0.25) is 0 Å². The predicted octanol–water partition coefficient (Wildman–Crippen LogP) is 13.5. The lowest BCUT2D eigenvalue weighted by Crippen LogP contribution is -1.85. The lowest BCUT2D eigenvalue weighted by Gasteiger charge is -2.03. The van der Waals surface area contributed by atoms with E-state index in [9.17, 15) is 0 Å². The highest BCUT2D eigenvalue weighted by Crippen LogP contribution is 2.15. The zero-order valence-electron chi connectivity index (χ0n) is 26.8. The molecule has 1 heteroatoms. The fraction of sp³-hybridized carbons (Fsp3) is 1.00. The van der Waals surface area contributed by atoms with Gasteiger partial charge in [-0.25, -0.2) is 0 Å². The van der Waals surface area contributed by atoms with Crippen LogP contribution >= 0.6 is 0 Å². The van der Waals surface area contributed by atoms with E-state index in [1.54, 1.807) is 0 Å². The largest absolute Gasteiger partial charge is 0.396 e. The van der Waals surface area contributed by atoms with Crippen LogP contribution in [0.1, 0.15) is 226 Å². The molecule has 0 aromatic carbocycles. The van der Waals surface area contributed by atoms with E-state index in [-0.39, 0.29) is 0 Å². The molecule has 226 valence electrons. The van der Waals surface area contributed by atoms with Gasteiger partial charge in [-0.05, 0) is 6.42 Å². The number of aliphatic hydroxyl groups excluding tert-OH is 1. The second-order valence-electron chi connectivity index (χ2n) is 12.0. The van der Waals surface area contributed by atoms with Gasteiger partial charge in [0.25, 0.3) is 0 Å². The molecule has 0 aromatic rings. The summed E-state index contributed by atoms with van der Waals surface area (Å²) in [6.45, 7) is 7.24. The van der Waals surface area contributed by atoms with Crippen LogP contribution in [0.5, 0.6) is 0 Å². The minimum absolute atomic E-state index is 0.374. The zero-order chi connectivity index (χ0) is 27.3. The maximum atomic E-state index is 8.69. The maximum absolute atomic E-state index is 8.69. The van der Waals surface area contributed by atoms with Gasteiger partial charge >= 0.3 is 0 Å². The fourth-order valence-corrected chi connectivity index (χ4v) is 5.28. The molecule has 0 aromatic heterocycles. The third-order valence-electron chi connectivity index (χ3n) is 7.97. The molecule has 0 heterocycles. The zero-order valence-corrected chi connectivity index (χ0v) is 26.8. The standard InChI is InChI=1S/C20H42O.C16H34/c1-2-3-4-5-6-7-8-9-10-11-12-13-14-15-16-17-18-19-20-21;1-3-5-7-9-11-13-15-16-14-12-10-8-6-4-2/h21H,2-20H2,1H3;3-16H2,1-2H3. The molecule has 0 unspecified atom stereocenters. The van der Waals surface area contributed by atoms with E-state index in [4.69, 9.17) is 5.11 Å². The third-order valence-corrected chi connectivity index (χ3v) is 7.97. The van der Waals surface area contributed by atoms with Gasteiger partial charge in [-0.2, -0.15) is 0 Å². The summed E-state index contributed by atoms with van der Waals surface area (Å²) in [4.78, 5) is 0. The van der Waals surface area contributed by atoms with Crippen LogP contribution in [0.25, 0.3) is 0 Å². The summed E-state index contributed by atoms with van der Waals surface area (Å²) in [5, 5.41) is 8.69. The molecule has 0 radical (unpaired) electrons. The lowest BCUT2D eigenvalue weighted by atomic mass is 10.0. The molecule has 0 bridgehead atoms. The summed E-state index contributed by atoms with van der Waals surface area (Å²) >= 11 is 0. The van der Waals surface area contributed by atoms with Crippen LogP contribution < -0.4 is 0 Å². The van der Waals surface area contributed by atoms with Gasteiger partial charge in [0.1, 0.15) is 0 Å². The first-order valence-electron chi connectivity index (χ1n) is 17.9. The summed E-state index contributed by atoms with van der Waals surface area (Å²) in [6.07, 6.45) is 45.6. The fourth-order valence-electron chi connectivity index (χ4n) is 5.28. The molecule has 0 spiro atoms. The Morgan fingerprint density at radius 1 is 0.216 bits per heavy atom. The van der Waals surface area contributed by atoms with E-state index in [1.165, 1.54) is 199 Å². The Morgan fingerprint density at radius 2 is 0.351 bits per heavy atom. The van der Waals surface area contributed by atoms with E-state index >= 15 is 0 Å². The molecule has 37 heavy (non-hydrogen) atoms. The summed E-state index contributed by atoms with van der Waals surface area (Å²) in [6, 6.07) is 0. The topological polar surface area (TPSA) is 20.2 Å². The van der Waals surface area contributed by atoms with E-state index in [0.29, 0.717) is 6.61 Å². The Morgan fingerprint density at radius 3 is 0.486 bits per heavy atom. The van der Waals surface area contributed by atoms with E-state index < -0.39 is 0 Å². The van der Waals surface area contributed by atoms with Gasteiger partial charge < -0.3 is 5.11 Å². The second-order valence-corrected chi connectivity index (χ2v) is 12.0. The molecule has 1 N–H and O–H groups in total. The van der Waals surface area contributed by atoms with Gasteiger partial charge in [0.2, 0.25) is 0 Å². The van der Waals surface area contributed by atoms with Gasteiger partial charge in [0.05, 0.1) is 0 Å². The van der Waals surface area contributed by atoms with E-state index in [2.05, 4.69) is 20.8 Å². The average Bonchev–Trinajstić information content (AvgIpc) is 2.91. The Labute approximate surface area is 237 Å². The average molecular weight is 525 g/mol. The normalized spacial score (nSPS) is 11.0. The van der Waals surface area contributed by atoms with Crippen LogP contribution in [0.4, 0.5) is 0 Å². The molecular weight excluding hydrogens is 448 g/mol. The Bertz CT molecular complexity index is 308. The highest BCUT2D eigenvalue weighted by Gasteiger charge is 1.95. The highest BCUT2D eigenvalue weighted by molar-refractivity contribution is 4.51. The Balaban J connectivity index is 0. The molecule has 0 fully saturated rings. The first kappa shape index (κ1) is 39.1. The van der Waals surface area contributed by atoms with Crippen LogP contribution in [0.3, 0.4) is 0 Å². The SMILES string of the molecule is CCCCCCCCCCCCCCCC.CCCCCCCCCCCCCCCCCCCCO. The molecule has 0 atom stereocenters.